The molecule has 194 valence electrons. The third kappa shape index (κ3) is 5.53. The monoisotopic (exact) mass is 567 g/mol. The molecule has 0 unspecified atom stereocenters. The smallest absolute Gasteiger partial charge is 0.291 e. The number of hydrogen-bond donors (Lipinski definition) is 1. The number of aryl methyl sites for hydroxylation is 1. The molecule has 1 aliphatic rings. The first kappa shape index (κ1) is 26.2. The van der Waals surface area contributed by atoms with Gasteiger partial charge in [0.15, 0.2) is 5.76 Å². The first-order valence-electron chi connectivity index (χ1n) is 12.1. The van der Waals surface area contributed by atoms with Crippen molar-refractivity contribution in [3.8, 4) is 11.3 Å². The zero-order valence-electron chi connectivity index (χ0n) is 20.5. The Bertz CT molecular complexity index is 1490. The van der Waals surface area contributed by atoms with E-state index in [9.17, 15) is 9.59 Å². The number of carbonyl (C=O) groups is 2. The largest absolute Gasteiger partial charge is 0.451 e. The van der Waals surface area contributed by atoms with E-state index in [4.69, 9.17) is 39.2 Å². The molecule has 9 heteroatoms. The molecule has 0 radical (unpaired) electrons. The second kappa shape index (κ2) is 11.1. The number of anilines is 2. The number of nitrogens with zero attached hydrogens (tertiary/aromatic N) is 2. The molecular formula is C29H24Cl3N3O3. The Hall–Kier alpha value is -3.45. The average Bonchev–Trinajstić information content (AvgIpc) is 3.39. The fourth-order valence-corrected chi connectivity index (χ4v) is 5.22. The molecule has 1 N–H and O–H groups in total. The fraction of sp³-hybridized carbons (Fsp3) is 0.172. The molecule has 0 bridgehead atoms. The lowest BCUT2D eigenvalue weighted by Crippen LogP contribution is -2.49. The summed E-state index contributed by atoms with van der Waals surface area (Å²) in [5.41, 5.74) is 3.68. The predicted octanol–water partition coefficient (Wildman–Crippen LogP) is 7.43. The number of hydrogen-bond acceptors (Lipinski definition) is 4. The minimum Gasteiger partial charge on any atom is -0.451 e. The van der Waals surface area contributed by atoms with Crippen molar-refractivity contribution in [3.63, 3.8) is 0 Å². The van der Waals surface area contributed by atoms with Gasteiger partial charge in [0.05, 0.1) is 21.4 Å². The molecule has 2 heterocycles. The molecule has 0 spiro atoms. The lowest BCUT2D eigenvalue weighted by atomic mass is 10.1. The first-order valence-corrected chi connectivity index (χ1v) is 13.2. The van der Waals surface area contributed by atoms with Gasteiger partial charge < -0.3 is 19.5 Å². The van der Waals surface area contributed by atoms with Crippen LogP contribution in [0.3, 0.4) is 0 Å². The molecule has 2 amide bonds. The molecule has 1 saturated heterocycles. The normalized spacial score (nSPS) is 13.5. The molecule has 38 heavy (non-hydrogen) atoms. The Balaban J connectivity index is 1.29. The molecule has 1 fully saturated rings. The van der Waals surface area contributed by atoms with Crippen LogP contribution in [0, 0.1) is 6.92 Å². The third-order valence-corrected chi connectivity index (χ3v) is 7.30. The van der Waals surface area contributed by atoms with E-state index in [1.165, 1.54) is 0 Å². The lowest BCUT2D eigenvalue weighted by molar-refractivity contribution is 0.0746. The van der Waals surface area contributed by atoms with Crippen LogP contribution in [0.1, 0.15) is 26.5 Å². The molecule has 0 atom stereocenters. The van der Waals surface area contributed by atoms with Crippen LogP contribution in [0.4, 0.5) is 11.4 Å². The SMILES string of the molecule is Cc1ccc(C(=O)N2CCN(c3c(Cl)cccc3NC(=O)c3ccc(-c4ccc(Cl)cc4Cl)o3)CC2)cc1. The summed E-state index contributed by atoms with van der Waals surface area (Å²) < 4.78 is 5.80. The van der Waals surface area contributed by atoms with E-state index >= 15 is 0 Å². The summed E-state index contributed by atoms with van der Waals surface area (Å²) in [5, 5.41) is 4.37. The van der Waals surface area contributed by atoms with Crippen molar-refractivity contribution in [2.45, 2.75) is 6.92 Å². The number of halogens is 3. The molecular weight excluding hydrogens is 545 g/mol. The predicted molar refractivity (Wildman–Crippen MR) is 153 cm³/mol. The van der Waals surface area contributed by atoms with E-state index in [2.05, 4.69) is 10.2 Å². The highest BCUT2D eigenvalue weighted by Crippen LogP contribution is 2.36. The van der Waals surface area contributed by atoms with Crippen molar-refractivity contribution in [2.24, 2.45) is 0 Å². The maximum atomic E-state index is 13.1. The minimum atomic E-state index is -0.418. The van der Waals surface area contributed by atoms with E-state index in [-0.39, 0.29) is 11.7 Å². The van der Waals surface area contributed by atoms with E-state index in [0.29, 0.717) is 69.5 Å². The van der Waals surface area contributed by atoms with Crippen LogP contribution in [-0.2, 0) is 0 Å². The Morgan fingerprint density at radius 3 is 2.29 bits per heavy atom. The number of para-hydroxylation sites is 1. The summed E-state index contributed by atoms with van der Waals surface area (Å²) in [6, 6.07) is 21.3. The van der Waals surface area contributed by atoms with E-state index < -0.39 is 5.91 Å². The van der Waals surface area contributed by atoms with E-state index in [1.54, 1.807) is 48.5 Å². The Morgan fingerprint density at radius 2 is 1.58 bits per heavy atom. The standard InChI is InChI=1S/C29H24Cl3N3O3/c1-18-5-7-19(8-6-18)29(37)35-15-13-34(14-16-35)27-22(31)3-2-4-24(27)33-28(36)26-12-11-25(38-26)21-10-9-20(30)17-23(21)32/h2-12,17H,13-16H2,1H3,(H,33,36). The molecule has 1 aliphatic heterocycles. The van der Waals surface area contributed by atoms with Crippen LogP contribution < -0.4 is 10.2 Å². The molecule has 0 aliphatic carbocycles. The minimum absolute atomic E-state index is 0.00625. The van der Waals surface area contributed by atoms with Gasteiger partial charge in [-0.05, 0) is 61.5 Å². The Morgan fingerprint density at radius 1 is 0.842 bits per heavy atom. The van der Waals surface area contributed by atoms with Crippen LogP contribution in [0.2, 0.25) is 15.1 Å². The van der Waals surface area contributed by atoms with Crippen molar-refractivity contribution >= 4 is 58.0 Å². The van der Waals surface area contributed by atoms with Gasteiger partial charge in [-0.1, -0.05) is 58.6 Å². The molecule has 3 aromatic carbocycles. The van der Waals surface area contributed by atoms with Crippen molar-refractivity contribution in [2.75, 3.05) is 36.4 Å². The van der Waals surface area contributed by atoms with Crippen LogP contribution in [0.5, 0.6) is 0 Å². The summed E-state index contributed by atoms with van der Waals surface area (Å²) in [6.45, 7) is 4.21. The highest BCUT2D eigenvalue weighted by atomic mass is 35.5. The first-order chi connectivity index (χ1) is 18.3. The average molecular weight is 569 g/mol. The second-order valence-corrected chi connectivity index (χ2v) is 10.3. The molecule has 5 rings (SSSR count). The zero-order valence-corrected chi connectivity index (χ0v) is 22.8. The highest BCUT2D eigenvalue weighted by molar-refractivity contribution is 6.36. The number of furan rings is 1. The summed E-state index contributed by atoms with van der Waals surface area (Å²) in [4.78, 5) is 29.9. The van der Waals surface area contributed by atoms with Crippen LogP contribution in [-0.4, -0.2) is 42.9 Å². The maximum Gasteiger partial charge on any atom is 0.291 e. The maximum absolute atomic E-state index is 13.1. The van der Waals surface area contributed by atoms with Crippen molar-refractivity contribution in [3.05, 3.63) is 105 Å². The number of carbonyl (C=O) groups excluding carboxylic acids is 2. The van der Waals surface area contributed by atoms with Crippen molar-refractivity contribution in [1.29, 1.82) is 0 Å². The summed E-state index contributed by atoms with van der Waals surface area (Å²) >= 11 is 18.9. The zero-order chi connectivity index (χ0) is 26.8. The fourth-order valence-electron chi connectivity index (χ4n) is 4.43. The van der Waals surface area contributed by atoms with Gasteiger partial charge in [-0.25, -0.2) is 0 Å². The summed E-state index contributed by atoms with van der Waals surface area (Å²) in [5.74, 6) is 0.174. The van der Waals surface area contributed by atoms with Crippen molar-refractivity contribution in [1.82, 2.24) is 4.90 Å². The highest BCUT2D eigenvalue weighted by Gasteiger charge is 2.26. The topological polar surface area (TPSA) is 65.8 Å². The lowest BCUT2D eigenvalue weighted by Gasteiger charge is -2.37. The Kier molecular flexibility index (Phi) is 7.65. The van der Waals surface area contributed by atoms with E-state index in [0.717, 1.165) is 5.56 Å². The van der Waals surface area contributed by atoms with Gasteiger partial charge in [0.25, 0.3) is 11.8 Å². The third-order valence-electron chi connectivity index (χ3n) is 6.44. The van der Waals surface area contributed by atoms with Gasteiger partial charge >= 0.3 is 0 Å². The summed E-state index contributed by atoms with van der Waals surface area (Å²) in [7, 11) is 0. The second-order valence-electron chi connectivity index (χ2n) is 9.02. The van der Waals surface area contributed by atoms with Gasteiger partial charge in [-0.15, -0.1) is 0 Å². The number of benzene rings is 3. The van der Waals surface area contributed by atoms with E-state index in [1.807, 2.05) is 36.1 Å². The quantitative estimate of drug-likeness (QED) is 0.272. The van der Waals surface area contributed by atoms with Crippen molar-refractivity contribution < 1.29 is 14.0 Å². The van der Waals surface area contributed by atoms with Gasteiger partial charge in [-0.3, -0.25) is 9.59 Å². The number of piperazine rings is 1. The summed E-state index contributed by atoms with van der Waals surface area (Å²) in [6.07, 6.45) is 0. The van der Waals surface area contributed by atoms with Crippen LogP contribution >= 0.6 is 34.8 Å². The van der Waals surface area contributed by atoms with Gasteiger partial charge in [0.2, 0.25) is 0 Å². The molecule has 1 aromatic heterocycles. The van der Waals surface area contributed by atoms with Gasteiger partial charge in [0, 0.05) is 42.3 Å². The Labute approximate surface area is 235 Å². The number of nitrogens with one attached hydrogen (secondary N) is 1. The van der Waals surface area contributed by atoms with Crippen LogP contribution in [0.15, 0.2) is 77.2 Å². The number of rotatable bonds is 5. The molecule has 4 aromatic rings. The van der Waals surface area contributed by atoms with Gasteiger partial charge in [0.1, 0.15) is 5.76 Å². The van der Waals surface area contributed by atoms with Gasteiger partial charge in [-0.2, -0.15) is 0 Å². The molecule has 0 saturated carbocycles. The number of amides is 2. The van der Waals surface area contributed by atoms with Crippen LogP contribution in [0.25, 0.3) is 11.3 Å². The molecule has 6 nitrogen and oxygen atoms in total.